The molecule has 0 saturated carbocycles. The van der Waals surface area contributed by atoms with Gasteiger partial charge in [-0.3, -0.25) is 4.79 Å². The maximum absolute atomic E-state index is 12.4. The van der Waals surface area contributed by atoms with E-state index in [0.29, 0.717) is 18.4 Å². The van der Waals surface area contributed by atoms with Crippen molar-refractivity contribution in [2.24, 2.45) is 5.92 Å². The standard InChI is InChI=1S/C22H28O6/c1-7-13(3)21(24)27-18-10-12(2)8-9-17(26-16(6)23)14(4)11-19-20(18)15(5)22(25)28-19/h7-8,11,17-20H,5,9-10H2,1-4,6H3/b12-8+,13-7+,14-11+/t17-,18+,19+,20-/m0/s1. The van der Waals surface area contributed by atoms with E-state index in [2.05, 4.69) is 6.58 Å². The summed E-state index contributed by atoms with van der Waals surface area (Å²) < 4.78 is 16.7. The Labute approximate surface area is 165 Å². The van der Waals surface area contributed by atoms with Crippen molar-refractivity contribution in [3.05, 3.63) is 47.1 Å². The molecule has 2 aliphatic rings. The molecule has 28 heavy (non-hydrogen) atoms. The van der Waals surface area contributed by atoms with Crippen LogP contribution in [0.1, 0.15) is 47.5 Å². The van der Waals surface area contributed by atoms with Crippen LogP contribution in [0, 0.1) is 5.92 Å². The summed E-state index contributed by atoms with van der Waals surface area (Å²) in [6.45, 7) is 12.4. The Morgan fingerprint density at radius 2 is 1.93 bits per heavy atom. The van der Waals surface area contributed by atoms with Crippen LogP contribution < -0.4 is 0 Å². The molecule has 1 fully saturated rings. The van der Waals surface area contributed by atoms with E-state index >= 15 is 0 Å². The summed E-state index contributed by atoms with van der Waals surface area (Å²) in [6, 6.07) is 0. The topological polar surface area (TPSA) is 78.9 Å². The molecule has 1 aliphatic heterocycles. The number of ether oxygens (including phenoxy) is 3. The fourth-order valence-electron chi connectivity index (χ4n) is 3.37. The highest BCUT2D eigenvalue weighted by atomic mass is 16.6. The number of esters is 3. The van der Waals surface area contributed by atoms with Crippen LogP contribution in [-0.4, -0.2) is 36.2 Å². The molecule has 0 bridgehead atoms. The van der Waals surface area contributed by atoms with Gasteiger partial charge in [-0.15, -0.1) is 0 Å². The number of hydrogen-bond acceptors (Lipinski definition) is 6. The molecule has 0 amide bonds. The van der Waals surface area contributed by atoms with Crippen LogP contribution in [0.2, 0.25) is 0 Å². The zero-order valence-corrected chi connectivity index (χ0v) is 17.1. The number of fused-ring (bicyclic) bond motifs is 1. The number of rotatable bonds is 3. The average molecular weight is 388 g/mol. The van der Waals surface area contributed by atoms with Crippen molar-refractivity contribution in [2.75, 3.05) is 0 Å². The smallest absolute Gasteiger partial charge is 0.334 e. The third kappa shape index (κ3) is 5.00. The fraction of sp³-hybridized carbons (Fsp3) is 0.500. The van der Waals surface area contributed by atoms with Crippen LogP contribution in [0.15, 0.2) is 47.1 Å². The largest absolute Gasteiger partial charge is 0.458 e. The van der Waals surface area contributed by atoms with Crippen molar-refractivity contribution in [3.8, 4) is 0 Å². The molecule has 6 nitrogen and oxygen atoms in total. The SMILES string of the molecule is C=C1C(=O)O[C@@H]2/C=C(\C)[C@@H](OC(C)=O)C/C=C(\C)C[C@@H](OC(=O)/C(C)=C/C)[C@H]12. The van der Waals surface area contributed by atoms with Gasteiger partial charge in [0.2, 0.25) is 0 Å². The number of hydrogen-bond donors (Lipinski definition) is 0. The van der Waals surface area contributed by atoms with E-state index in [1.54, 1.807) is 26.0 Å². The Kier molecular flexibility index (Phi) is 7.00. The lowest BCUT2D eigenvalue weighted by molar-refractivity contribution is -0.148. The molecule has 0 spiro atoms. The van der Waals surface area contributed by atoms with E-state index in [-0.39, 0.29) is 11.5 Å². The van der Waals surface area contributed by atoms with E-state index in [9.17, 15) is 14.4 Å². The Hall–Kier alpha value is -2.63. The van der Waals surface area contributed by atoms with Crippen LogP contribution in [-0.2, 0) is 28.6 Å². The maximum atomic E-state index is 12.4. The lowest BCUT2D eigenvalue weighted by Crippen LogP contribution is -2.34. The van der Waals surface area contributed by atoms with Gasteiger partial charge in [0.25, 0.3) is 0 Å². The summed E-state index contributed by atoms with van der Waals surface area (Å²) in [7, 11) is 0. The zero-order valence-electron chi connectivity index (χ0n) is 17.1. The van der Waals surface area contributed by atoms with Gasteiger partial charge in [-0.2, -0.15) is 0 Å². The predicted molar refractivity (Wildman–Crippen MR) is 104 cm³/mol. The summed E-state index contributed by atoms with van der Waals surface area (Å²) in [6.07, 6.45) is 4.69. The van der Waals surface area contributed by atoms with Gasteiger partial charge in [0.15, 0.2) is 0 Å². The van der Waals surface area contributed by atoms with E-state index in [1.165, 1.54) is 6.92 Å². The van der Waals surface area contributed by atoms with Crippen molar-refractivity contribution in [1.29, 1.82) is 0 Å². The van der Waals surface area contributed by atoms with Gasteiger partial charge in [-0.1, -0.05) is 24.3 Å². The summed E-state index contributed by atoms with van der Waals surface area (Å²) >= 11 is 0. The minimum absolute atomic E-state index is 0.280. The van der Waals surface area contributed by atoms with Gasteiger partial charge in [0.05, 0.1) is 5.92 Å². The summed E-state index contributed by atoms with van der Waals surface area (Å²) in [5.74, 6) is -1.82. The lowest BCUT2D eigenvalue weighted by Gasteiger charge is -2.28. The molecule has 0 aromatic rings. The molecular weight excluding hydrogens is 360 g/mol. The molecule has 1 heterocycles. The van der Waals surface area contributed by atoms with Gasteiger partial charge in [-0.25, -0.2) is 9.59 Å². The average Bonchev–Trinajstić information content (AvgIpc) is 2.89. The first-order chi connectivity index (χ1) is 13.1. The molecule has 0 aromatic carbocycles. The minimum atomic E-state index is -0.632. The molecule has 0 aromatic heterocycles. The minimum Gasteiger partial charge on any atom is -0.458 e. The van der Waals surface area contributed by atoms with Crippen LogP contribution in [0.4, 0.5) is 0 Å². The Bertz CT molecular complexity index is 770. The van der Waals surface area contributed by atoms with Crippen molar-refractivity contribution in [2.45, 2.75) is 65.8 Å². The highest BCUT2D eigenvalue weighted by Gasteiger charge is 2.44. The van der Waals surface area contributed by atoms with E-state index in [4.69, 9.17) is 14.2 Å². The van der Waals surface area contributed by atoms with Crippen LogP contribution in [0.25, 0.3) is 0 Å². The molecule has 2 rings (SSSR count). The molecule has 1 saturated heterocycles. The van der Waals surface area contributed by atoms with Gasteiger partial charge in [0.1, 0.15) is 18.3 Å². The highest BCUT2D eigenvalue weighted by molar-refractivity contribution is 5.92. The molecule has 6 heteroatoms. The van der Waals surface area contributed by atoms with Gasteiger partial charge >= 0.3 is 17.9 Å². The first-order valence-electron chi connectivity index (χ1n) is 9.38. The maximum Gasteiger partial charge on any atom is 0.334 e. The van der Waals surface area contributed by atoms with Crippen LogP contribution in [0.5, 0.6) is 0 Å². The Morgan fingerprint density at radius 1 is 1.25 bits per heavy atom. The lowest BCUT2D eigenvalue weighted by atomic mass is 9.85. The summed E-state index contributed by atoms with van der Waals surface area (Å²) in [4.78, 5) is 36.0. The second-order valence-electron chi connectivity index (χ2n) is 7.34. The number of allylic oxidation sites excluding steroid dienone is 1. The van der Waals surface area contributed by atoms with Crippen molar-refractivity contribution in [3.63, 3.8) is 0 Å². The highest BCUT2D eigenvalue weighted by Crippen LogP contribution is 2.36. The first-order valence-corrected chi connectivity index (χ1v) is 9.38. The molecular formula is C22H28O6. The van der Waals surface area contributed by atoms with Gasteiger partial charge in [-0.05, 0) is 39.3 Å². The van der Waals surface area contributed by atoms with Crippen LogP contribution >= 0.6 is 0 Å². The third-order valence-electron chi connectivity index (χ3n) is 5.12. The Balaban J connectivity index is 2.44. The Morgan fingerprint density at radius 3 is 2.54 bits per heavy atom. The van der Waals surface area contributed by atoms with E-state index < -0.39 is 36.2 Å². The number of carbonyl (C=O) groups excluding carboxylic acids is 3. The van der Waals surface area contributed by atoms with Crippen molar-refractivity contribution >= 4 is 17.9 Å². The quantitative estimate of drug-likeness (QED) is 0.318. The molecule has 0 unspecified atom stereocenters. The number of carbonyl (C=O) groups is 3. The van der Waals surface area contributed by atoms with Gasteiger partial charge in [0, 0.05) is 30.9 Å². The monoisotopic (exact) mass is 388 g/mol. The fourth-order valence-corrected chi connectivity index (χ4v) is 3.37. The molecule has 1 aliphatic carbocycles. The summed E-state index contributed by atoms with van der Waals surface area (Å²) in [5, 5.41) is 0. The third-order valence-corrected chi connectivity index (χ3v) is 5.12. The van der Waals surface area contributed by atoms with E-state index in [1.807, 2.05) is 19.9 Å². The molecule has 152 valence electrons. The normalized spacial score (nSPS) is 32.2. The molecule has 0 radical (unpaired) electrons. The van der Waals surface area contributed by atoms with E-state index in [0.717, 1.165) is 11.1 Å². The van der Waals surface area contributed by atoms with Crippen molar-refractivity contribution < 1.29 is 28.6 Å². The second kappa shape index (κ2) is 9.04. The first kappa shape index (κ1) is 21.7. The molecule has 4 atom stereocenters. The van der Waals surface area contributed by atoms with Crippen molar-refractivity contribution in [1.82, 2.24) is 0 Å². The summed E-state index contributed by atoms with van der Waals surface area (Å²) in [5.41, 5.74) is 2.51. The van der Waals surface area contributed by atoms with Gasteiger partial charge < -0.3 is 14.2 Å². The molecule has 0 N–H and O–H groups in total. The second-order valence-corrected chi connectivity index (χ2v) is 7.34. The van der Waals surface area contributed by atoms with Crippen LogP contribution in [0.3, 0.4) is 0 Å². The zero-order chi connectivity index (χ0) is 21.0. The predicted octanol–water partition coefficient (Wildman–Crippen LogP) is 3.58.